The number of fused-ring (bicyclic) bond motifs is 3. The van der Waals surface area contributed by atoms with E-state index in [9.17, 15) is 5.53 Å². The van der Waals surface area contributed by atoms with Crippen LogP contribution in [0.15, 0.2) is 42.5 Å². The van der Waals surface area contributed by atoms with E-state index >= 15 is 0 Å². The van der Waals surface area contributed by atoms with E-state index in [1.54, 1.807) is 0 Å². The quantitative estimate of drug-likeness (QED) is 0.453. The molecule has 0 bridgehead atoms. The predicted octanol–water partition coefficient (Wildman–Crippen LogP) is 3.86. The van der Waals surface area contributed by atoms with Crippen LogP contribution in [0.25, 0.3) is 16.7 Å². The molecule has 18 heavy (non-hydrogen) atoms. The van der Waals surface area contributed by atoms with Crippen molar-refractivity contribution in [2.24, 2.45) is 0 Å². The minimum atomic E-state index is 0.408. The average molecular weight is 234 g/mol. The van der Waals surface area contributed by atoms with Crippen molar-refractivity contribution in [2.75, 3.05) is 0 Å². The van der Waals surface area contributed by atoms with Crippen LogP contribution in [0, 0.1) is 0 Å². The first-order chi connectivity index (χ1) is 8.74. The van der Waals surface area contributed by atoms with Crippen LogP contribution in [0.4, 0.5) is 0 Å². The molecule has 0 atom stereocenters. The van der Waals surface area contributed by atoms with E-state index in [-0.39, 0.29) is 0 Å². The van der Waals surface area contributed by atoms with Crippen LogP contribution in [-0.4, -0.2) is 10.5 Å². The van der Waals surface area contributed by atoms with E-state index in [1.165, 1.54) is 11.1 Å². The Balaban J connectivity index is 2.41. The molecule has 0 aliphatic heterocycles. The van der Waals surface area contributed by atoms with Crippen LogP contribution in [0.2, 0.25) is 0 Å². The largest absolute Gasteiger partial charge is 0.361 e. The highest BCUT2D eigenvalue weighted by Crippen LogP contribution is 2.39. The maximum Gasteiger partial charge on any atom is 0.331 e. The third-order valence-corrected chi connectivity index (χ3v) is 3.53. The lowest BCUT2D eigenvalue weighted by Gasteiger charge is -2.09. The summed E-state index contributed by atoms with van der Waals surface area (Å²) in [6, 6.07) is 14.4. The second kappa shape index (κ2) is 3.94. The number of hydrogen-bond donors (Lipinski definition) is 0. The van der Waals surface area contributed by atoms with Gasteiger partial charge in [-0.1, -0.05) is 50.2 Å². The van der Waals surface area contributed by atoms with Gasteiger partial charge in [0.15, 0.2) is 0 Å². The van der Waals surface area contributed by atoms with Gasteiger partial charge in [0.25, 0.3) is 0 Å². The Morgan fingerprint density at radius 3 is 2.22 bits per heavy atom. The molecule has 0 unspecified atom stereocenters. The average Bonchev–Trinajstić information content (AvgIpc) is 2.72. The third kappa shape index (κ3) is 1.36. The molecule has 0 N–H and O–H groups in total. The second-order valence-electron chi connectivity index (χ2n) is 4.92. The van der Waals surface area contributed by atoms with Crippen LogP contribution in [-0.2, 0) is 0 Å². The summed E-state index contributed by atoms with van der Waals surface area (Å²) < 4.78 is 0. The summed E-state index contributed by atoms with van der Waals surface area (Å²) in [6.45, 7) is 4.32. The maximum atomic E-state index is 9.35. The highest BCUT2D eigenvalue weighted by atomic mass is 14.9. The van der Waals surface area contributed by atoms with Crippen molar-refractivity contribution in [3.8, 4) is 11.1 Å². The van der Waals surface area contributed by atoms with Gasteiger partial charge in [0.1, 0.15) is 0 Å². The highest BCUT2D eigenvalue weighted by Gasteiger charge is 2.33. The van der Waals surface area contributed by atoms with Crippen molar-refractivity contribution in [3.05, 3.63) is 64.7 Å². The van der Waals surface area contributed by atoms with Gasteiger partial charge in [0.2, 0.25) is 0 Å². The van der Waals surface area contributed by atoms with E-state index < -0.39 is 0 Å². The summed E-state index contributed by atoms with van der Waals surface area (Å²) in [5.74, 6) is 0.408. The molecular weight excluding hydrogens is 220 g/mol. The zero-order valence-corrected chi connectivity index (χ0v) is 10.5. The van der Waals surface area contributed by atoms with Crippen molar-refractivity contribution < 1.29 is 4.79 Å². The van der Waals surface area contributed by atoms with Crippen LogP contribution < -0.4 is 0 Å². The molecule has 0 fully saturated rings. The summed E-state index contributed by atoms with van der Waals surface area (Å²) in [7, 11) is 0. The monoisotopic (exact) mass is 234 g/mol. The molecular formula is C16H14N2. The van der Waals surface area contributed by atoms with E-state index in [0.717, 1.165) is 16.7 Å². The standard InChI is InChI=1S/C16H14N2/c1-10(2)11-8-5-9-13-12-6-3-4-7-14(12)16(18-17)15(11)13/h3-10H,1-2H3. The molecule has 0 aromatic heterocycles. The molecule has 3 rings (SSSR count). The Bertz CT molecular complexity index is 677. The summed E-state index contributed by atoms with van der Waals surface area (Å²) >= 11 is 0. The van der Waals surface area contributed by atoms with Crippen LogP contribution in [0.5, 0.6) is 0 Å². The first kappa shape index (κ1) is 10.9. The Labute approximate surface area is 107 Å². The van der Waals surface area contributed by atoms with Gasteiger partial charge in [-0.25, -0.2) is 0 Å². The van der Waals surface area contributed by atoms with E-state index in [4.69, 9.17) is 0 Å². The lowest BCUT2D eigenvalue weighted by molar-refractivity contribution is -0.00250. The van der Waals surface area contributed by atoms with Gasteiger partial charge in [-0.05, 0) is 28.7 Å². The number of hydrogen-bond acceptors (Lipinski definition) is 0. The summed E-state index contributed by atoms with van der Waals surface area (Å²) in [6.07, 6.45) is 0. The van der Waals surface area contributed by atoms with Crippen molar-refractivity contribution >= 4 is 5.71 Å². The van der Waals surface area contributed by atoms with Gasteiger partial charge in [0.05, 0.1) is 11.1 Å². The molecule has 0 radical (unpaired) electrons. The fourth-order valence-electron chi connectivity index (χ4n) is 2.70. The second-order valence-corrected chi connectivity index (χ2v) is 4.92. The number of rotatable bonds is 1. The normalized spacial score (nSPS) is 12.3. The molecule has 0 heterocycles. The zero-order chi connectivity index (χ0) is 12.7. The molecule has 2 aromatic rings. The van der Waals surface area contributed by atoms with Gasteiger partial charge in [0, 0.05) is 0 Å². The van der Waals surface area contributed by atoms with Gasteiger partial charge in [-0.2, -0.15) is 4.79 Å². The van der Waals surface area contributed by atoms with Gasteiger partial charge in [-0.3, -0.25) is 0 Å². The molecule has 1 aliphatic rings. The summed E-state index contributed by atoms with van der Waals surface area (Å²) in [4.78, 5) is 3.53. The zero-order valence-electron chi connectivity index (χ0n) is 10.5. The molecule has 0 saturated carbocycles. The molecule has 0 amide bonds. The lowest BCUT2D eigenvalue weighted by Crippen LogP contribution is -2.04. The van der Waals surface area contributed by atoms with Gasteiger partial charge < -0.3 is 5.53 Å². The Hall–Kier alpha value is -2.18. The first-order valence-corrected chi connectivity index (χ1v) is 6.19. The maximum absolute atomic E-state index is 9.35. The first-order valence-electron chi connectivity index (χ1n) is 6.19. The predicted molar refractivity (Wildman–Crippen MR) is 72.8 cm³/mol. The van der Waals surface area contributed by atoms with Crippen LogP contribution in [0.3, 0.4) is 0 Å². The molecule has 2 nitrogen and oxygen atoms in total. The Kier molecular flexibility index (Phi) is 2.39. The van der Waals surface area contributed by atoms with Gasteiger partial charge >= 0.3 is 5.71 Å². The smallest absolute Gasteiger partial charge is 0.331 e. The van der Waals surface area contributed by atoms with Crippen molar-refractivity contribution in [1.82, 2.24) is 0 Å². The molecule has 0 spiro atoms. The number of benzene rings is 2. The minimum absolute atomic E-state index is 0.408. The Morgan fingerprint density at radius 1 is 0.889 bits per heavy atom. The van der Waals surface area contributed by atoms with Crippen molar-refractivity contribution in [1.29, 1.82) is 0 Å². The lowest BCUT2D eigenvalue weighted by atomic mass is 9.93. The van der Waals surface area contributed by atoms with E-state index in [2.05, 4.69) is 42.9 Å². The summed E-state index contributed by atoms with van der Waals surface area (Å²) in [5, 5.41) is 0. The highest BCUT2D eigenvalue weighted by molar-refractivity contribution is 6.22. The third-order valence-electron chi connectivity index (χ3n) is 3.53. The SMILES string of the molecule is CC(C)c1cccc2c1C(=[N+]=[N-])c1ccccc1-2. The number of nitrogens with zero attached hydrogens (tertiary/aromatic N) is 2. The fraction of sp³-hybridized carbons (Fsp3) is 0.188. The minimum Gasteiger partial charge on any atom is -0.361 e. The van der Waals surface area contributed by atoms with Crippen LogP contribution >= 0.6 is 0 Å². The van der Waals surface area contributed by atoms with Gasteiger partial charge in [-0.15, -0.1) is 0 Å². The topological polar surface area (TPSA) is 36.4 Å². The van der Waals surface area contributed by atoms with Crippen molar-refractivity contribution in [2.45, 2.75) is 19.8 Å². The van der Waals surface area contributed by atoms with E-state index in [1.807, 2.05) is 18.2 Å². The molecule has 0 saturated heterocycles. The fourth-order valence-corrected chi connectivity index (χ4v) is 2.70. The molecule has 2 aromatic carbocycles. The van der Waals surface area contributed by atoms with E-state index in [0.29, 0.717) is 11.6 Å². The summed E-state index contributed by atoms with van der Waals surface area (Å²) in [5.41, 5.74) is 15.7. The van der Waals surface area contributed by atoms with Crippen molar-refractivity contribution in [3.63, 3.8) is 0 Å². The molecule has 1 aliphatic carbocycles. The Morgan fingerprint density at radius 2 is 1.56 bits per heavy atom. The van der Waals surface area contributed by atoms with Crippen LogP contribution in [0.1, 0.15) is 36.5 Å². The molecule has 88 valence electrons. The molecule has 2 heteroatoms.